The van der Waals surface area contributed by atoms with Crippen molar-refractivity contribution in [3.8, 4) is 0 Å². The highest BCUT2D eigenvalue weighted by atomic mass is 32.1. The summed E-state index contributed by atoms with van der Waals surface area (Å²) < 4.78 is 0. The Morgan fingerprint density at radius 1 is 1.14 bits per heavy atom. The van der Waals surface area contributed by atoms with Crippen molar-refractivity contribution in [1.82, 2.24) is 4.90 Å². The van der Waals surface area contributed by atoms with Crippen LogP contribution in [0.15, 0.2) is 36.4 Å². The fourth-order valence-electron chi connectivity index (χ4n) is 2.83. The number of thiocarbonyl (C=S) groups is 1. The number of carbonyl (C=O) groups is 2. The van der Waals surface area contributed by atoms with Crippen molar-refractivity contribution < 1.29 is 9.59 Å². The van der Waals surface area contributed by atoms with E-state index < -0.39 is 0 Å². The zero-order valence-corrected chi connectivity index (χ0v) is 12.3. The van der Waals surface area contributed by atoms with Crippen LogP contribution in [0.3, 0.4) is 0 Å². The molecule has 0 saturated carbocycles. The van der Waals surface area contributed by atoms with Crippen LogP contribution in [-0.2, 0) is 0 Å². The third kappa shape index (κ3) is 2.10. The molecule has 2 aromatic carbocycles. The lowest BCUT2D eigenvalue weighted by Gasteiger charge is -2.31. The summed E-state index contributed by atoms with van der Waals surface area (Å²) >= 11 is 4.89. The number of amides is 2. The van der Waals surface area contributed by atoms with Crippen molar-refractivity contribution in [3.63, 3.8) is 0 Å². The van der Waals surface area contributed by atoms with Crippen molar-refractivity contribution in [3.05, 3.63) is 47.5 Å². The summed E-state index contributed by atoms with van der Waals surface area (Å²) in [5.74, 6) is -0.568. The van der Waals surface area contributed by atoms with Gasteiger partial charge in [0.1, 0.15) is 0 Å². The van der Waals surface area contributed by atoms with Gasteiger partial charge in [0.25, 0.3) is 11.8 Å². The first-order valence-electron chi connectivity index (χ1n) is 6.68. The molecule has 3 rings (SSSR count). The Hall–Kier alpha value is -2.27. The highest BCUT2D eigenvalue weighted by Crippen LogP contribution is 2.31. The van der Waals surface area contributed by atoms with Crippen molar-refractivity contribution in [1.29, 1.82) is 0 Å². The van der Waals surface area contributed by atoms with Gasteiger partial charge in [0.15, 0.2) is 0 Å². The number of nitrogens with zero attached hydrogens (tertiary/aromatic N) is 1. The van der Waals surface area contributed by atoms with Gasteiger partial charge in [0, 0.05) is 29.0 Å². The van der Waals surface area contributed by atoms with Crippen LogP contribution in [0.5, 0.6) is 0 Å². The molecule has 4 nitrogen and oxygen atoms in total. The molecule has 1 aliphatic rings. The van der Waals surface area contributed by atoms with E-state index in [4.69, 9.17) is 18.0 Å². The number of nitrogens with two attached hydrogens (primary N) is 1. The lowest BCUT2D eigenvalue weighted by atomic mass is 9.93. The zero-order valence-electron chi connectivity index (χ0n) is 11.5. The molecule has 5 heteroatoms. The Balaban J connectivity index is 2.17. The summed E-state index contributed by atoms with van der Waals surface area (Å²) in [5, 5.41) is 1.63. The number of imide groups is 1. The van der Waals surface area contributed by atoms with E-state index in [0.29, 0.717) is 22.5 Å². The number of rotatable bonds is 3. The van der Waals surface area contributed by atoms with E-state index in [2.05, 4.69) is 0 Å². The maximum Gasteiger partial charge on any atom is 0.261 e. The van der Waals surface area contributed by atoms with Gasteiger partial charge in [-0.25, -0.2) is 0 Å². The molecule has 1 atom stereocenters. The van der Waals surface area contributed by atoms with Crippen molar-refractivity contribution in [2.24, 2.45) is 5.73 Å². The second-order valence-electron chi connectivity index (χ2n) is 5.21. The van der Waals surface area contributed by atoms with E-state index in [9.17, 15) is 9.59 Å². The minimum absolute atomic E-state index is 0.284. The minimum atomic E-state index is -0.355. The summed E-state index contributed by atoms with van der Waals surface area (Å²) in [6.45, 7) is 1.78. The molecule has 0 spiro atoms. The standard InChI is InChI=1S/C16H14N2O2S/c1-9(8-13(17)21)18-15(19)11-6-2-4-10-5-3-7-12(14(10)11)16(18)20/h2-7,9H,8H2,1H3,(H2,17,21). The number of benzene rings is 2. The van der Waals surface area contributed by atoms with Crippen LogP contribution in [-0.4, -0.2) is 27.7 Å². The predicted octanol–water partition coefficient (Wildman–Crippen LogP) is 2.50. The monoisotopic (exact) mass is 298 g/mol. The molecule has 1 heterocycles. The molecule has 0 aromatic heterocycles. The largest absolute Gasteiger partial charge is 0.393 e. The molecule has 1 unspecified atom stereocenters. The van der Waals surface area contributed by atoms with Crippen LogP contribution >= 0.6 is 12.2 Å². The quantitative estimate of drug-likeness (QED) is 0.698. The van der Waals surface area contributed by atoms with E-state index in [1.165, 1.54) is 4.90 Å². The minimum Gasteiger partial charge on any atom is -0.393 e. The zero-order chi connectivity index (χ0) is 15.1. The fourth-order valence-corrected chi connectivity index (χ4v) is 3.07. The van der Waals surface area contributed by atoms with E-state index in [1.54, 1.807) is 19.1 Å². The molecule has 2 aromatic rings. The van der Waals surface area contributed by atoms with Crippen LogP contribution in [0.25, 0.3) is 10.8 Å². The average molecular weight is 298 g/mol. The van der Waals surface area contributed by atoms with Gasteiger partial charge < -0.3 is 5.73 Å². The van der Waals surface area contributed by atoms with Gasteiger partial charge in [0.05, 0.1) is 4.99 Å². The summed E-state index contributed by atoms with van der Waals surface area (Å²) in [7, 11) is 0. The van der Waals surface area contributed by atoms with Gasteiger partial charge in [-0.2, -0.15) is 0 Å². The highest BCUT2D eigenvalue weighted by Gasteiger charge is 2.35. The molecule has 0 saturated heterocycles. The molecule has 1 aliphatic heterocycles. The number of hydrogen-bond donors (Lipinski definition) is 1. The number of hydrogen-bond acceptors (Lipinski definition) is 3. The van der Waals surface area contributed by atoms with Crippen LogP contribution in [0.2, 0.25) is 0 Å². The summed E-state index contributed by atoms with van der Waals surface area (Å²) in [6, 6.07) is 10.6. The lowest BCUT2D eigenvalue weighted by Crippen LogP contribution is -2.47. The van der Waals surface area contributed by atoms with Gasteiger partial charge >= 0.3 is 0 Å². The third-order valence-electron chi connectivity index (χ3n) is 3.74. The van der Waals surface area contributed by atoms with Gasteiger partial charge in [0.2, 0.25) is 0 Å². The molecule has 21 heavy (non-hydrogen) atoms. The second-order valence-corrected chi connectivity index (χ2v) is 5.73. The van der Waals surface area contributed by atoms with E-state index in [-0.39, 0.29) is 17.9 Å². The van der Waals surface area contributed by atoms with Gasteiger partial charge in [-0.1, -0.05) is 36.5 Å². The Kier molecular flexibility index (Phi) is 3.22. The lowest BCUT2D eigenvalue weighted by molar-refractivity contribution is 0.0556. The Morgan fingerprint density at radius 3 is 2.14 bits per heavy atom. The Labute approximate surface area is 127 Å². The van der Waals surface area contributed by atoms with Crippen molar-refractivity contribution in [2.75, 3.05) is 0 Å². The molecular formula is C16H14N2O2S. The van der Waals surface area contributed by atoms with Gasteiger partial charge in [-0.3, -0.25) is 14.5 Å². The van der Waals surface area contributed by atoms with Crippen molar-refractivity contribution in [2.45, 2.75) is 19.4 Å². The Bertz CT molecular complexity index is 734. The molecule has 106 valence electrons. The maximum atomic E-state index is 12.7. The topological polar surface area (TPSA) is 63.4 Å². The summed E-state index contributed by atoms with van der Waals surface area (Å²) in [6.07, 6.45) is 0.324. The van der Waals surface area contributed by atoms with Crippen LogP contribution < -0.4 is 5.73 Å². The van der Waals surface area contributed by atoms with E-state index >= 15 is 0 Å². The first-order chi connectivity index (χ1) is 10.0. The van der Waals surface area contributed by atoms with Gasteiger partial charge in [-0.15, -0.1) is 0 Å². The molecule has 0 fully saturated rings. The fraction of sp³-hybridized carbons (Fsp3) is 0.188. The first kappa shape index (κ1) is 13.7. The summed E-state index contributed by atoms with van der Waals surface area (Å²) in [4.78, 5) is 26.9. The second kappa shape index (κ2) is 4.93. The molecule has 0 bridgehead atoms. The number of carbonyl (C=O) groups excluding carboxylic acids is 2. The smallest absolute Gasteiger partial charge is 0.261 e. The van der Waals surface area contributed by atoms with Crippen LogP contribution in [0.1, 0.15) is 34.1 Å². The molecule has 0 radical (unpaired) electrons. The van der Waals surface area contributed by atoms with Crippen LogP contribution in [0.4, 0.5) is 0 Å². The van der Waals surface area contributed by atoms with Crippen LogP contribution in [0, 0.1) is 0 Å². The molecule has 0 aliphatic carbocycles. The molecule has 2 N–H and O–H groups in total. The SMILES string of the molecule is CC(CC(N)=S)N1C(=O)c2cccc3cccc(c23)C1=O. The molecular weight excluding hydrogens is 284 g/mol. The Morgan fingerprint density at radius 2 is 1.67 bits per heavy atom. The first-order valence-corrected chi connectivity index (χ1v) is 7.09. The molecule has 2 amide bonds. The van der Waals surface area contributed by atoms with Crippen molar-refractivity contribution >= 4 is 39.8 Å². The summed E-state index contributed by atoms with van der Waals surface area (Å²) in [5.41, 5.74) is 6.65. The third-order valence-corrected chi connectivity index (χ3v) is 3.91. The highest BCUT2D eigenvalue weighted by molar-refractivity contribution is 7.80. The van der Waals surface area contributed by atoms with E-state index in [0.717, 1.165) is 10.8 Å². The normalized spacial score (nSPS) is 15.4. The maximum absolute atomic E-state index is 12.7. The van der Waals surface area contributed by atoms with Gasteiger partial charge in [-0.05, 0) is 24.4 Å². The predicted molar refractivity (Wildman–Crippen MR) is 85.3 cm³/mol. The average Bonchev–Trinajstić information content (AvgIpc) is 2.44. The van der Waals surface area contributed by atoms with E-state index in [1.807, 2.05) is 24.3 Å².